The van der Waals surface area contributed by atoms with Crippen molar-refractivity contribution in [3.8, 4) is 11.3 Å². The Morgan fingerprint density at radius 1 is 1.00 bits per heavy atom. The van der Waals surface area contributed by atoms with Crippen LogP contribution in [0, 0.1) is 5.95 Å². The van der Waals surface area contributed by atoms with Crippen molar-refractivity contribution < 1.29 is 14.3 Å². The lowest BCUT2D eigenvalue weighted by atomic mass is 9.84. The van der Waals surface area contributed by atoms with Gasteiger partial charge in [0.05, 0.1) is 17.1 Å². The molecule has 0 fully saturated rings. The summed E-state index contributed by atoms with van der Waals surface area (Å²) in [6.07, 6.45) is 0. The third-order valence-electron chi connectivity index (χ3n) is 4.09. The molecule has 3 heterocycles. The minimum Gasteiger partial charge on any atom is -0.477 e. The molecule has 132 valence electrons. The lowest BCUT2D eigenvalue weighted by Crippen LogP contribution is -2.23. The summed E-state index contributed by atoms with van der Waals surface area (Å²) in [7, 11) is 0. The molecule has 0 aliphatic heterocycles. The Hall–Kier alpha value is -2.86. The fraction of sp³-hybridized carbons (Fsp3) is 0.158. The fourth-order valence-electron chi connectivity index (χ4n) is 2.57. The van der Waals surface area contributed by atoms with Crippen LogP contribution in [0.2, 0.25) is 5.15 Å². The Morgan fingerprint density at radius 2 is 1.65 bits per heavy atom. The minimum atomic E-state index is -1.09. The zero-order valence-electron chi connectivity index (χ0n) is 14.1. The van der Waals surface area contributed by atoms with Crippen molar-refractivity contribution in [1.29, 1.82) is 0 Å². The molecular formula is C19H15ClFN3O2. The number of hydrogen-bond donors (Lipinski definition) is 1. The molecule has 0 aliphatic carbocycles. The third-order valence-corrected chi connectivity index (χ3v) is 4.38. The molecule has 0 saturated heterocycles. The minimum absolute atomic E-state index is 0.0263. The number of hydrogen-bond acceptors (Lipinski definition) is 4. The molecule has 0 atom stereocenters. The summed E-state index contributed by atoms with van der Waals surface area (Å²) in [6, 6.07) is 13.0. The number of nitrogens with zero attached hydrogens (tertiary/aromatic N) is 3. The van der Waals surface area contributed by atoms with Gasteiger partial charge in [0, 0.05) is 11.0 Å². The Morgan fingerprint density at radius 3 is 2.31 bits per heavy atom. The largest absolute Gasteiger partial charge is 0.477 e. The molecular weight excluding hydrogens is 357 g/mol. The average Bonchev–Trinajstić information content (AvgIpc) is 2.62. The van der Waals surface area contributed by atoms with Crippen molar-refractivity contribution in [2.75, 3.05) is 0 Å². The van der Waals surface area contributed by atoms with Gasteiger partial charge in [0.15, 0.2) is 0 Å². The van der Waals surface area contributed by atoms with Gasteiger partial charge in [-0.3, -0.25) is 4.98 Å². The molecule has 0 unspecified atom stereocenters. The molecule has 3 aromatic rings. The molecule has 3 aromatic heterocycles. The van der Waals surface area contributed by atoms with Gasteiger partial charge >= 0.3 is 5.97 Å². The van der Waals surface area contributed by atoms with E-state index in [0.29, 0.717) is 22.6 Å². The lowest BCUT2D eigenvalue weighted by Gasteiger charge is -2.24. The second-order valence-corrected chi connectivity index (χ2v) is 6.58. The number of rotatable bonds is 4. The van der Waals surface area contributed by atoms with Crippen molar-refractivity contribution >= 4 is 17.6 Å². The first-order chi connectivity index (χ1) is 12.3. The van der Waals surface area contributed by atoms with Gasteiger partial charge in [-0.15, -0.1) is 0 Å². The van der Waals surface area contributed by atoms with Gasteiger partial charge in [0.2, 0.25) is 5.95 Å². The first kappa shape index (κ1) is 17.9. The molecule has 1 N–H and O–H groups in total. The van der Waals surface area contributed by atoms with Crippen LogP contribution in [-0.2, 0) is 5.41 Å². The van der Waals surface area contributed by atoms with E-state index in [0.717, 1.165) is 0 Å². The number of halogens is 2. The maximum Gasteiger partial charge on any atom is 0.354 e. The van der Waals surface area contributed by atoms with Crippen molar-refractivity contribution in [2.24, 2.45) is 0 Å². The number of carboxylic acids is 1. The summed E-state index contributed by atoms with van der Waals surface area (Å²) in [6.45, 7) is 3.80. The summed E-state index contributed by atoms with van der Waals surface area (Å²) < 4.78 is 13.2. The van der Waals surface area contributed by atoms with Crippen LogP contribution in [-0.4, -0.2) is 26.0 Å². The van der Waals surface area contributed by atoms with Gasteiger partial charge in [-0.05, 0) is 50.2 Å². The second kappa shape index (κ2) is 6.80. The molecule has 0 amide bonds. The Bertz CT molecular complexity index is 992. The van der Waals surface area contributed by atoms with E-state index < -0.39 is 17.3 Å². The molecule has 0 radical (unpaired) electrons. The standard InChI is InChI=1S/C19H15ClFN3O2/c1-19(2,15-8-4-6-13(23-15)18(25)26)14-7-3-5-12(22-14)11-9-10-16(21)24-17(11)20/h3-10H,1-2H3,(H,25,26). The Kier molecular flexibility index (Phi) is 4.70. The first-order valence-electron chi connectivity index (χ1n) is 7.80. The highest BCUT2D eigenvalue weighted by Crippen LogP contribution is 2.32. The van der Waals surface area contributed by atoms with Crippen molar-refractivity contribution in [1.82, 2.24) is 15.0 Å². The zero-order valence-corrected chi connectivity index (χ0v) is 14.8. The van der Waals surface area contributed by atoms with E-state index in [-0.39, 0.29) is 10.8 Å². The fourth-order valence-corrected chi connectivity index (χ4v) is 2.81. The highest BCUT2D eigenvalue weighted by molar-refractivity contribution is 6.32. The number of pyridine rings is 3. The van der Waals surface area contributed by atoms with Crippen LogP contribution in [0.15, 0.2) is 48.5 Å². The van der Waals surface area contributed by atoms with Crippen molar-refractivity contribution in [3.63, 3.8) is 0 Å². The van der Waals surface area contributed by atoms with Gasteiger partial charge < -0.3 is 5.11 Å². The van der Waals surface area contributed by atoms with Gasteiger partial charge in [-0.2, -0.15) is 4.39 Å². The Labute approximate surface area is 154 Å². The number of aromatic nitrogens is 3. The summed E-state index contributed by atoms with van der Waals surface area (Å²) >= 11 is 6.03. The zero-order chi connectivity index (χ0) is 18.9. The van der Waals surface area contributed by atoms with Gasteiger partial charge in [0.1, 0.15) is 10.8 Å². The molecule has 0 saturated carbocycles. The third kappa shape index (κ3) is 3.41. The van der Waals surface area contributed by atoms with E-state index in [2.05, 4.69) is 15.0 Å². The summed E-state index contributed by atoms with van der Waals surface area (Å²) in [5.74, 6) is -1.75. The average molecular weight is 372 g/mol. The lowest BCUT2D eigenvalue weighted by molar-refractivity contribution is 0.0690. The smallest absolute Gasteiger partial charge is 0.354 e. The predicted octanol–water partition coefficient (Wildman–Crippen LogP) is 4.36. The predicted molar refractivity (Wildman–Crippen MR) is 95.8 cm³/mol. The monoisotopic (exact) mass is 371 g/mol. The number of carbonyl (C=O) groups is 1. The van der Waals surface area contributed by atoms with Crippen LogP contribution in [0.5, 0.6) is 0 Å². The van der Waals surface area contributed by atoms with Gasteiger partial charge in [-0.1, -0.05) is 23.7 Å². The first-order valence-corrected chi connectivity index (χ1v) is 8.17. The summed E-state index contributed by atoms with van der Waals surface area (Å²) in [4.78, 5) is 23.6. The number of carboxylic acid groups (broad SMARTS) is 1. The van der Waals surface area contributed by atoms with Crippen LogP contribution in [0.25, 0.3) is 11.3 Å². The molecule has 0 aromatic carbocycles. The summed E-state index contributed by atoms with van der Waals surface area (Å²) in [5, 5.41) is 9.19. The maximum absolute atomic E-state index is 13.2. The van der Waals surface area contributed by atoms with Crippen LogP contribution in [0.4, 0.5) is 4.39 Å². The second-order valence-electron chi connectivity index (χ2n) is 6.22. The molecule has 5 nitrogen and oxygen atoms in total. The van der Waals surface area contributed by atoms with Gasteiger partial charge in [-0.25, -0.2) is 14.8 Å². The van der Waals surface area contributed by atoms with Gasteiger partial charge in [0.25, 0.3) is 0 Å². The molecule has 0 bridgehead atoms. The van der Waals surface area contributed by atoms with E-state index in [1.165, 1.54) is 18.2 Å². The molecule has 0 spiro atoms. The van der Waals surface area contributed by atoms with E-state index in [1.54, 1.807) is 24.3 Å². The van der Waals surface area contributed by atoms with E-state index in [4.69, 9.17) is 16.7 Å². The van der Waals surface area contributed by atoms with Crippen molar-refractivity contribution in [2.45, 2.75) is 19.3 Å². The van der Waals surface area contributed by atoms with Crippen LogP contribution >= 0.6 is 11.6 Å². The Balaban J connectivity index is 2.06. The SMILES string of the molecule is CC(C)(c1cccc(C(=O)O)n1)c1cccc(-c2ccc(F)nc2Cl)n1. The number of aromatic carboxylic acids is 1. The van der Waals surface area contributed by atoms with E-state index in [1.807, 2.05) is 19.9 Å². The maximum atomic E-state index is 13.2. The topological polar surface area (TPSA) is 76.0 Å². The van der Waals surface area contributed by atoms with Crippen LogP contribution in [0.1, 0.15) is 35.7 Å². The normalized spacial score (nSPS) is 11.4. The molecule has 7 heteroatoms. The highest BCUT2D eigenvalue weighted by Gasteiger charge is 2.27. The quantitative estimate of drug-likeness (QED) is 0.690. The van der Waals surface area contributed by atoms with E-state index in [9.17, 15) is 9.18 Å². The summed E-state index contributed by atoms with van der Waals surface area (Å²) in [5.41, 5.74) is 1.62. The van der Waals surface area contributed by atoms with Crippen molar-refractivity contribution in [3.05, 3.63) is 76.7 Å². The highest BCUT2D eigenvalue weighted by atomic mass is 35.5. The van der Waals surface area contributed by atoms with E-state index >= 15 is 0 Å². The molecule has 26 heavy (non-hydrogen) atoms. The molecule has 0 aliphatic rings. The van der Waals surface area contributed by atoms with Crippen LogP contribution in [0.3, 0.4) is 0 Å². The van der Waals surface area contributed by atoms with Crippen LogP contribution < -0.4 is 0 Å². The molecule has 3 rings (SSSR count).